The number of piperidine rings is 2. The molecule has 14 heteroatoms. The summed E-state index contributed by atoms with van der Waals surface area (Å²) in [4.78, 5) is 76.5. The molecule has 3 fully saturated rings. The molecule has 4 aliphatic heterocycles. The van der Waals surface area contributed by atoms with Gasteiger partial charge >= 0.3 is 23.8 Å². The van der Waals surface area contributed by atoms with Crippen LogP contribution in [0.2, 0.25) is 0 Å². The molecule has 0 spiro atoms. The van der Waals surface area contributed by atoms with Gasteiger partial charge in [-0.15, -0.1) is 0 Å². The highest BCUT2D eigenvalue weighted by Crippen LogP contribution is 2.29. The first kappa shape index (κ1) is 39.4. The van der Waals surface area contributed by atoms with Crippen molar-refractivity contribution in [2.45, 2.75) is 115 Å². The number of esters is 1. The van der Waals surface area contributed by atoms with Crippen molar-refractivity contribution in [1.29, 1.82) is 0 Å². The summed E-state index contributed by atoms with van der Waals surface area (Å²) in [6, 6.07) is 11.2. The second-order valence-corrected chi connectivity index (χ2v) is 15.8. The fourth-order valence-electron chi connectivity index (χ4n) is 9.00. The number of fused-ring (bicyclic) bond motifs is 2. The lowest BCUT2D eigenvalue weighted by molar-refractivity contribution is -0.151. The molecule has 3 saturated heterocycles. The lowest BCUT2D eigenvalue weighted by atomic mass is 9.99. The van der Waals surface area contributed by atoms with Crippen LogP contribution >= 0.6 is 0 Å². The van der Waals surface area contributed by atoms with E-state index in [2.05, 4.69) is 22.1 Å². The summed E-state index contributed by atoms with van der Waals surface area (Å²) in [6.07, 6.45) is 7.73. The molecule has 4 amide bonds. The zero-order chi connectivity index (χ0) is 39.2. The van der Waals surface area contributed by atoms with Crippen molar-refractivity contribution in [1.82, 2.24) is 24.6 Å². The van der Waals surface area contributed by atoms with Crippen LogP contribution in [0.3, 0.4) is 0 Å². The highest BCUT2D eigenvalue weighted by Gasteiger charge is 2.40. The summed E-state index contributed by atoms with van der Waals surface area (Å²) in [5.74, 6) is -0.974. The number of carbonyl (C=O) groups excluding carboxylic acids is 4. The molecule has 1 aromatic heterocycles. The Morgan fingerprint density at radius 2 is 1.64 bits per heavy atom. The van der Waals surface area contributed by atoms with Gasteiger partial charge in [-0.05, 0) is 93.7 Å². The Bertz CT molecular complexity index is 1930. The molecule has 2 aromatic carbocycles. The van der Waals surface area contributed by atoms with E-state index < -0.39 is 18.0 Å². The molecule has 2 N–H and O–H groups in total. The number of likely N-dealkylation sites (tertiary alicyclic amines) is 3. The number of rotatable bonds is 12. The summed E-state index contributed by atoms with van der Waals surface area (Å²) in [7, 11) is 0. The van der Waals surface area contributed by atoms with Crippen molar-refractivity contribution >= 4 is 40.8 Å². The van der Waals surface area contributed by atoms with E-state index in [0.717, 1.165) is 68.3 Å². The maximum absolute atomic E-state index is 14.3. The monoisotopic (exact) mass is 772 g/mol. The Morgan fingerprint density at radius 3 is 2.43 bits per heavy atom. The van der Waals surface area contributed by atoms with E-state index in [1.165, 1.54) is 0 Å². The zero-order valence-electron chi connectivity index (χ0n) is 32.8. The highest BCUT2D eigenvalue weighted by atomic mass is 16.6. The maximum Gasteiger partial charge on any atom is 0.417 e. The summed E-state index contributed by atoms with van der Waals surface area (Å²) in [5.41, 5.74) is 4.40. The predicted octanol–water partition coefficient (Wildman–Crippen LogP) is 5.61. The lowest BCUT2D eigenvalue weighted by Gasteiger charge is -2.40. The molecule has 4 aliphatic rings. The van der Waals surface area contributed by atoms with Crippen LogP contribution in [0.4, 0.5) is 15.3 Å². The summed E-state index contributed by atoms with van der Waals surface area (Å²) in [6.45, 7) is 7.64. The fourth-order valence-corrected chi connectivity index (χ4v) is 9.00. The molecule has 0 bridgehead atoms. The van der Waals surface area contributed by atoms with Crippen molar-refractivity contribution in [3.05, 3.63) is 63.6 Å². The lowest BCUT2D eigenvalue weighted by Crippen LogP contribution is -2.53. The number of nitrogens with zero attached hydrogens (tertiary/aromatic N) is 4. The third-order valence-electron chi connectivity index (χ3n) is 12.1. The van der Waals surface area contributed by atoms with Crippen LogP contribution in [0.5, 0.6) is 0 Å². The number of unbranched alkanes of at least 4 members (excludes halogenated alkanes) is 3. The second-order valence-electron chi connectivity index (χ2n) is 15.8. The van der Waals surface area contributed by atoms with Crippen LogP contribution in [-0.4, -0.2) is 119 Å². The first-order valence-corrected chi connectivity index (χ1v) is 20.6. The molecule has 7 rings (SSSR count). The van der Waals surface area contributed by atoms with E-state index in [9.17, 15) is 24.0 Å². The van der Waals surface area contributed by atoms with Gasteiger partial charge in [-0.25, -0.2) is 14.4 Å². The fraction of sp³-hybridized carbons (Fsp3) is 0.595. The van der Waals surface area contributed by atoms with E-state index in [4.69, 9.17) is 13.9 Å². The van der Waals surface area contributed by atoms with Gasteiger partial charge in [-0.3, -0.25) is 19.5 Å². The number of H-pyrrole nitrogens is 1. The topological polar surface area (TPSA) is 158 Å². The molecule has 5 heterocycles. The average molecular weight is 773 g/mol. The molecular formula is C42H56N6O8. The minimum absolute atomic E-state index is 0.0272. The summed E-state index contributed by atoms with van der Waals surface area (Å²) in [5, 5.41) is 3.04. The van der Waals surface area contributed by atoms with Crippen LogP contribution in [0.1, 0.15) is 87.8 Å². The van der Waals surface area contributed by atoms with Gasteiger partial charge in [0, 0.05) is 56.9 Å². The van der Waals surface area contributed by atoms with Crippen molar-refractivity contribution in [2.24, 2.45) is 0 Å². The Labute approximate surface area is 327 Å². The van der Waals surface area contributed by atoms with Crippen LogP contribution in [0, 0.1) is 6.92 Å². The zero-order valence-corrected chi connectivity index (χ0v) is 32.8. The number of aromatic nitrogens is 1. The third kappa shape index (κ3) is 9.06. The van der Waals surface area contributed by atoms with Gasteiger partial charge in [0.2, 0.25) is 0 Å². The van der Waals surface area contributed by atoms with Gasteiger partial charge in [0.1, 0.15) is 6.04 Å². The number of hydrogen-bond donors (Lipinski definition) is 2. The molecule has 14 nitrogen and oxygen atoms in total. The number of carbonyl (C=O) groups is 4. The first-order valence-electron chi connectivity index (χ1n) is 20.6. The first-order chi connectivity index (χ1) is 27.2. The SMILES string of the molecule is CCCCCCOC(=O)[C@H]1CCCN1C1CCN(C(=O)[C@@H](Cc2cc(C)c3[nH]c(=O)oc3c2)OC(=O)N2CCC(N3CCc4ccccc4NC3=O)CC2)CC1. The van der Waals surface area contributed by atoms with E-state index in [1.54, 1.807) is 15.9 Å². The number of oxazole rings is 1. The van der Waals surface area contributed by atoms with Gasteiger partial charge in [0.05, 0.1) is 12.1 Å². The number of hydrogen-bond acceptors (Lipinski definition) is 9. The number of amides is 4. The average Bonchev–Trinajstić information content (AvgIpc) is 3.81. The highest BCUT2D eigenvalue weighted by molar-refractivity contribution is 5.91. The van der Waals surface area contributed by atoms with Crippen LogP contribution in [0.15, 0.2) is 45.6 Å². The van der Waals surface area contributed by atoms with Crippen molar-refractivity contribution in [3.8, 4) is 0 Å². The number of nitrogens with one attached hydrogen (secondary N) is 2. The Balaban J connectivity index is 0.982. The predicted molar refractivity (Wildman–Crippen MR) is 210 cm³/mol. The number of para-hydroxylation sites is 1. The van der Waals surface area contributed by atoms with E-state index >= 15 is 0 Å². The van der Waals surface area contributed by atoms with Gasteiger partial charge in [-0.1, -0.05) is 50.5 Å². The van der Waals surface area contributed by atoms with Gasteiger partial charge in [0.15, 0.2) is 11.7 Å². The van der Waals surface area contributed by atoms with E-state index in [1.807, 2.05) is 42.2 Å². The molecule has 302 valence electrons. The standard InChI is InChI=1S/C42H56N6O8/c1-3-4-5-8-24-54-39(50)34-12-9-18-47(34)31-14-19-45(20-15-31)38(49)36(27-29-25-28(2)37-35(26-29)55-41(52)44-37)56-42(53)46-21-16-32(17-22-46)48-23-13-30-10-6-7-11-33(30)43-40(48)51/h6-7,10-11,25-26,31-32,34,36H,3-5,8-9,12-24,27H2,1-2H3,(H,43,51)(H,44,52)/t34-,36-/m1/s1. The minimum Gasteiger partial charge on any atom is -0.465 e. The van der Waals surface area contributed by atoms with E-state index in [0.29, 0.717) is 81.7 Å². The Hall–Kier alpha value is -4.85. The number of aromatic amines is 1. The molecular weight excluding hydrogens is 716 g/mol. The maximum atomic E-state index is 14.3. The molecule has 2 atom stereocenters. The molecule has 0 saturated carbocycles. The van der Waals surface area contributed by atoms with Crippen LogP contribution in [0.25, 0.3) is 11.1 Å². The number of anilines is 1. The molecule has 0 aliphatic carbocycles. The van der Waals surface area contributed by atoms with E-state index in [-0.39, 0.29) is 42.5 Å². The molecule has 0 unspecified atom stereocenters. The van der Waals surface area contributed by atoms with Crippen LogP contribution in [-0.2, 0) is 31.9 Å². The largest absolute Gasteiger partial charge is 0.465 e. The molecule has 0 radical (unpaired) electrons. The summed E-state index contributed by atoms with van der Waals surface area (Å²) >= 11 is 0. The van der Waals surface area contributed by atoms with Crippen molar-refractivity contribution in [2.75, 3.05) is 51.2 Å². The van der Waals surface area contributed by atoms with Crippen LogP contribution < -0.4 is 11.1 Å². The van der Waals surface area contributed by atoms with Gasteiger partial charge < -0.3 is 33.9 Å². The summed E-state index contributed by atoms with van der Waals surface area (Å²) < 4.78 is 17.1. The Kier molecular flexibility index (Phi) is 12.6. The minimum atomic E-state index is -1.10. The Morgan fingerprint density at radius 1 is 0.893 bits per heavy atom. The second kappa shape index (κ2) is 18.0. The van der Waals surface area contributed by atoms with Crippen molar-refractivity contribution < 1.29 is 33.1 Å². The number of ether oxygens (including phenoxy) is 2. The van der Waals surface area contributed by atoms with Gasteiger partial charge in [-0.2, -0.15) is 0 Å². The molecule has 3 aromatic rings. The third-order valence-corrected chi connectivity index (χ3v) is 12.1. The number of benzene rings is 2. The van der Waals surface area contributed by atoms with Gasteiger partial charge in [0.25, 0.3) is 5.91 Å². The van der Waals surface area contributed by atoms with Crippen molar-refractivity contribution in [3.63, 3.8) is 0 Å². The quantitative estimate of drug-likeness (QED) is 0.176. The number of aryl methyl sites for hydroxylation is 1. The molecule has 56 heavy (non-hydrogen) atoms. The normalized spacial score (nSPS) is 20.4. The smallest absolute Gasteiger partial charge is 0.417 e. The number of urea groups is 1.